The fourth-order valence-corrected chi connectivity index (χ4v) is 2.44. The van der Waals surface area contributed by atoms with Gasteiger partial charge in [-0.2, -0.15) is 0 Å². The Morgan fingerprint density at radius 1 is 1.73 bits per heavy atom. The van der Waals surface area contributed by atoms with E-state index in [1.807, 2.05) is 13.0 Å². The second kappa shape index (κ2) is 5.49. The third kappa shape index (κ3) is 3.48. The lowest BCUT2D eigenvalue weighted by atomic mass is 10.1. The number of nitrogens with two attached hydrogens (primary N) is 1. The Hall–Kier alpha value is -0.580. The van der Waals surface area contributed by atoms with Crippen molar-refractivity contribution in [3.63, 3.8) is 0 Å². The van der Waals surface area contributed by atoms with E-state index in [1.165, 1.54) is 18.4 Å². The smallest absolute Gasteiger partial charge is 0.305 e. The number of ether oxygens (including phenoxy) is 1. The average molecular weight is 248 g/mol. The second-order valence-corrected chi connectivity index (χ2v) is 5.01. The topological polar surface area (TPSA) is 52.3 Å². The number of halogens is 1. The third-order valence-electron chi connectivity index (χ3n) is 2.13. The van der Waals surface area contributed by atoms with Crippen molar-refractivity contribution in [3.05, 3.63) is 20.8 Å². The first-order valence-electron chi connectivity index (χ1n) is 4.62. The van der Waals surface area contributed by atoms with E-state index in [2.05, 4.69) is 4.74 Å². The molecule has 0 amide bonds. The fraction of sp³-hybridized carbons (Fsp3) is 0.500. The average Bonchev–Trinajstić information content (AvgIpc) is 2.55. The van der Waals surface area contributed by atoms with Crippen LogP contribution in [-0.2, 0) is 9.53 Å². The number of carbonyl (C=O) groups is 1. The monoisotopic (exact) mass is 247 g/mol. The number of thiophene rings is 1. The number of esters is 1. The first kappa shape index (κ1) is 12.5. The van der Waals surface area contributed by atoms with Crippen LogP contribution in [0.25, 0.3) is 0 Å². The van der Waals surface area contributed by atoms with Crippen molar-refractivity contribution in [2.75, 3.05) is 7.11 Å². The summed E-state index contributed by atoms with van der Waals surface area (Å²) in [4.78, 5) is 11.9. The molecule has 1 aromatic heterocycles. The molecule has 0 spiro atoms. The zero-order valence-electron chi connectivity index (χ0n) is 8.75. The Bertz CT molecular complexity index is 332. The van der Waals surface area contributed by atoms with Crippen LogP contribution in [0.5, 0.6) is 0 Å². The molecule has 3 nitrogen and oxygen atoms in total. The molecular weight excluding hydrogens is 234 g/mol. The molecule has 0 aromatic carbocycles. The van der Waals surface area contributed by atoms with Crippen LogP contribution in [0.3, 0.4) is 0 Å². The van der Waals surface area contributed by atoms with Gasteiger partial charge in [0.2, 0.25) is 0 Å². The van der Waals surface area contributed by atoms with Gasteiger partial charge in [0.05, 0.1) is 11.4 Å². The second-order valence-electron chi connectivity index (χ2n) is 3.33. The molecule has 0 aliphatic heterocycles. The Balaban J connectivity index is 2.53. The minimum atomic E-state index is -0.232. The van der Waals surface area contributed by atoms with Crippen molar-refractivity contribution in [2.24, 2.45) is 5.73 Å². The zero-order chi connectivity index (χ0) is 11.4. The van der Waals surface area contributed by atoms with Crippen LogP contribution in [0.4, 0.5) is 0 Å². The molecule has 1 rings (SSSR count). The molecule has 5 heteroatoms. The van der Waals surface area contributed by atoms with Crippen molar-refractivity contribution in [3.8, 4) is 0 Å². The predicted octanol–water partition coefficient (Wildman–Crippen LogP) is 2.66. The lowest BCUT2D eigenvalue weighted by molar-refractivity contribution is -0.140. The number of carbonyl (C=O) groups excluding carboxylic acids is 1. The van der Waals surface area contributed by atoms with Gasteiger partial charge in [-0.3, -0.25) is 4.79 Å². The van der Waals surface area contributed by atoms with Crippen molar-refractivity contribution in [2.45, 2.75) is 25.8 Å². The summed E-state index contributed by atoms with van der Waals surface area (Å²) in [5.41, 5.74) is 6.96. The van der Waals surface area contributed by atoms with Gasteiger partial charge in [0, 0.05) is 17.3 Å². The summed E-state index contributed by atoms with van der Waals surface area (Å²) in [7, 11) is 1.38. The highest BCUT2D eigenvalue weighted by molar-refractivity contribution is 7.16. The van der Waals surface area contributed by atoms with E-state index >= 15 is 0 Å². The van der Waals surface area contributed by atoms with E-state index in [0.717, 1.165) is 14.8 Å². The van der Waals surface area contributed by atoms with Crippen molar-refractivity contribution >= 4 is 28.9 Å². The minimum Gasteiger partial charge on any atom is -0.469 e. The van der Waals surface area contributed by atoms with Gasteiger partial charge >= 0.3 is 5.97 Å². The first-order chi connectivity index (χ1) is 7.04. The molecule has 15 heavy (non-hydrogen) atoms. The van der Waals surface area contributed by atoms with Gasteiger partial charge in [0.15, 0.2) is 0 Å². The SMILES string of the molecule is COC(=O)CCC(N)c1cc(C)c(Cl)s1. The summed E-state index contributed by atoms with van der Waals surface area (Å²) in [6.07, 6.45) is 0.926. The number of rotatable bonds is 4. The summed E-state index contributed by atoms with van der Waals surface area (Å²) in [6.45, 7) is 1.94. The third-order valence-corrected chi connectivity index (χ3v) is 3.82. The van der Waals surface area contributed by atoms with Crippen molar-refractivity contribution in [1.29, 1.82) is 0 Å². The number of aryl methyl sites for hydroxylation is 1. The summed E-state index contributed by atoms with van der Waals surface area (Å²) in [5.74, 6) is -0.232. The van der Waals surface area contributed by atoms with E-state index in [4.69, 9.17) is 17.3 Å². The Labute approximate surface area is 98.2 Å². The molecule has 84 valence electrons. The molecule has 1 unspecified atom stereocenters. The van der Waals surface area contributed by atoms with E-state index < -0.39 is 0 Å². The predicted molar refractivity (Wildman–Crippen MR) is 62.2 cm³/mol. The highest BCUT2D eigenvalue weighted by atomic mass is 35.5. The zero-order valence-corrected chi connectivity index (χ0v) is 10.3. The van der Waals surface area contributed by atoms with E-state index in [-0.39, 0.29) is 12.0 Å². The maximum absolute atomic E-state index is 10.9. The quantitative estimate of drug-likeness (QED) is 0.833. The summed E-state index contributed by atoms with van der Waals surface area (Å²) >= 11 is 7.40. The van der Waals surface area contributed by atoms with Gasteiger partial charge in [0.1, 0.15) is 0 Å². The van der Waals surface area contributed by atoms with Crippen molar-refractivity contribution < 1.29 is 9.53 Å². The van der Waals surface area contributed by atoms with Gasteiger partial charge in [-0.05, 0) is 25.0 Å². The molecule has 0 aliphatic carbocycles. The normalized spacial score (nSPS) is 12.5. The highest BCUT2D eigenvalue weighted by Crippen LogP contribution is 2.31. The van der Waals surface area contributed by atoms with Gasteiger partial charge in [0.25, 0.3) is 0 Å². The number of hydrogen-bond donors (Lipinski definition) is 1. The van der Waals surface area contributed by atoms with Crippen LogP contribution >= 0.6 is 22.9 Å². The van der Waals surface area contributed by atoms with Crippen LogP contribution in [-0.4, -0.2) is 13.1 Å². The summed E-state index contributed by atoms with van der Waals surface area (Å²) in [6, 6.07) is 1.83. The van der Waals surface area contributed by atoms with Crippen LogP contribution < -0.4 is 5.73 Å². The first-order valence-corrected chi connectivity index (χ1v) is 5.82. The molecule has 0 radical (unpaired) electrons. The Morgan fingerprint density at radius 2 is 2.40 bits per heavy atom. The fourth-order valence-electron chi connectivity index (χ4n) is 1.18. The van der Waals surface area contributed by atoms with E-state index in [1.54, 1.807) is 0 Å². The molecule has 0 bridgehead atoms. The molecule has 0 aliphatic rings. The summed E-state index contributed by atoms with van der Waals surface area (Å²) in [5, 5.41) is 0. The number of methoxy groups -OCH3 is 1. The van der Waals surface area contributed by atoms with Gasteiger partial charge in [-0.15, -0.1) is 11.3 Å². The van der Waals surface area contributed by atoms with E-state index in [9.17, 15) is 4.79 Å². The maximum Gasteiger partial charge on any atom is 0.305 e. The molecule has 0 saturated carbocycles. The van der Waals surface area contributed by atoms with E-state index in [0.29, 0.717) is 12.8 Å². The molecule has 1 atom stereocenters. The molecule has 1 heterocycles. The standard InChI is InChI=1S/C10H14ClNO2S/c1-6-5-8(15-10(6)11)7(12)3-4-9(13)14-2/h5,7H,3-4,12H2,1-2H3. The Kier molecular flexibility index (Phi) is 4.57. The summed E-state index contributed by atoms with van der Waals surface area (Å²) < 4.78 is 5.31. The molecular formula is C10H14ClNO2S. The van der Waals surface area contributed by atoms with Gasteiger partial charge < -0.3 is 10.5 Å². The molecule has 1 aromatic rings. The minimum absolute atomic E-state index is 0.139. The lowest BCUT2D eigenvalue weighted by Gasteiger charge is -2.07. The molecule has 2 N–H and O–H groups in total. The van der Waals surface area contributed by atoms with Crippen LogP contribution in [0, 0.1) is 6.92 Å². The van der Waals surface area contributed by atoms with Gasteiger partial charge in [-0.25, -0.2) is 0 Å². The van der Waals surface area contributed by atoms with Crippen LogP contribution in [0.2, 0.25) is 4.34 Å². The largest absolute Gasteiger partial charge is 0.469 e. The maximum atomic E-state index is 10.9. The van der Waals surface area contributed by atoms with Crippen molar-refractivity contribution in [1.82, 2.24) is 0 Å². The molecule has 0 fully saturated rings. The Morgan fingerprint density at radius 3 is 2.87 bits per heavy atom. The molecule has 0 saturated heterocycles. The lowest BCUT2D eigenvalue weighted by Crippen LogP contribution is -2.11. The number of hydrogen-bond acceptors (Lipinski definition) is 4. The van der Waals surface area contributed by atoms with Crippen LogP contribution in [0.15, 0.2) is 6.07 Å². The van der Waals surface area contributed by atoms with Gasteiger partial charge in [-0.1, -0.05) is 11.6 Å². The highest BCUT2D eigenvalue weighted by Gasteiger charge is 2.13. The van der Waals surface area contributed by atoms with Crippen LogP contribution in [0.1, 0.15) is 29.3 Å².